The van der Waals surface area contributed by atoms with Crippen LogP contribution in [0.4, 0.5) is 13.2 Å². The highest BCUT2D eigenvalue weighted by Gasteiger charge is 2.31. The van der Waals surface area contributed by atoms with Crippen LogP contribution in [0.15, 0.2) is 0 Å². The van der Waals surface area contributed by atoms with E-state index in [1.807, 2.05) is 13.8 Å². The molecule has 2 N–H and O–H groups in total. The summed E-state index contributed by atoms with van der Waals surface area (Å²) >= 11 is 0. The summed E-state index contributed by atoms with van der Waals surface area (Å²) in [6.45, 7) is 4.37. The van der Waals surface area contributed by atoms with Crippen LogP contribution in [0.5, 0.6) is 0 Å². The third-order valence-corrected chi connectivity index (χ3v) is 1.99. The van der Waals surface area contributed by atoms with Gasteiger partial charge in [-0.1, -0.05) is 13.8 Å². The number of alkyl halides is 3. The third-order valence-electron chi connectivity index (χ3n) is 1.99. The summed E-state index contributed by atoms with van der Waals surface area (Å²) < 4.78 is 38.2. The standard InChI is InChI=1S/C9H15F3N4/c1-6(2)5-16-7(3-9(10,11)12)14-15-8(16)4-13/h6H,3-5,13H2,1-2H3. The summed E-state index contributed by atoms with van der Waals surface area (Å²) in [4.78, 5) is 0. The molecule has 1 heterocycles. The monoisotopic (exact) mass is 236 g/mol. The van der Waals surface area contributed by atoms with Crippen molar-refractivity contribution in [3.63, 3.8) is 0 Å². The second-order valence-electron chi connectivity index (χ2n) is 4.03. The lowest BCUT2D eigenvalue weighted by Gasteiger charge is -2.12. The Kier molecular flexibility index (Phi) is 3.90. The summed E-state index contributed by atoms with van der Waals surface area (Å²) in [7, 11) is 0. The summed E-state index contributed by atoms with van der Waals surface area (Å²) in [5.41, 5.74) is 5.40. The van der Waals surface area contributed by atoms with Gasteiger partial charge >= 0.3 is 6.18 Å². The van der Waals surface area contributed by atoms with E-state index in [1.54, 1.807) is 0 Å². The minimum Gasteiger partial charge on any atom is -0.324 e. The number of rotatable bonds is 4. The van der Waals surface area contributed by atoms with Crippen LogP contribution in [-0.2, 0) is 19.5 Å². The maximum Gasteiger partial charge on any atom is 0.396 e. The van der Waals surface area contributed by atoms with E-state index >= 15 is 0 Å². The van der Waals surface area contributed by atoms with Gasteiger partial charge in [0.05, 0.1) is 6.54 Å². The third kappa shape index (κ3) is 3.48. The molecule has 0 unspecified atom stereocenters. The molecule has 0 atom stereocenters. The zero-order valence-corrected chi connectivity index (χ0v) is 9.25. The van der Waals surface area contributed by atoms with Crippen molar-refractivity contribution in [1.29, 1.82) is 0 Å². The van der Waals surface area contributed by atoms with Crippen molar-refractivity contribution in [3.8, 4) is 0 Å². The predicted octanol–water partition coefficient (Wildman–Crippen LogP) is 1.50. The van der Waals surface area contributed by atoms with Crippen molar-refractivity contribution < 1.29 is 13.2 Å². The number of aromatic nitrogens is 3. The molecule has 1 rings (SSSR count). The summed E-state index contributed by atoms with van der Waals surface area (Å²) in [6, 6.07) is 0. The van der Waals surface area contributed by atoms with Crippen LogP contribution in [-0.4, -0.2) is 20.9 Å². The normalized spacial score (nSPS) is 12.4. The Bertz CT molecular complexity index is 343. The minimum atomic E-state index is -4.27. The Balaban J connectivity index is 2.95. The zero-order chi connectivity index (χ0) is 12.3. The van der Waals surface area contributed by atoms with Crippen LogP contribution in [0.3, 0.4) is 0 Å². The molecule has 0 bridgehead atoms. The first kappa shape index (κ1) is 13.0. The number of nitrogens with two attached hydrogens (primary N) is 1. The van der Waals surface area contributed by atoms with E-state index in [1.165, 1.54) is 4.57 Å². The number of hydrogen-bond acceptors (Lipinski definition) is 3. The first-order valence-corrected chi connectivity index (χ1v) is 5.01. The average Bonchev–Trinajstić information content (AvgIpc) is 2.45. The molecule has 0 spiro atoms. The molecular weight excluding hydrogens is 221 g/mol. The highest BCUT2D eigenvalue weighted by Crippen LogP contribution is 2.21. The number of hydrogen-bond donors (Lipinski definition) is 1. The van der Waals surface area contributed by atoms with Gasteiger partial charge < -0.3 is 10.3 Å². The van der Waals surface area contributed by atoms with Crippen molar-refractivity contribution in [1.82, 2.24) is 14.8 Å². The Morgan fingerprint density at radius 3 is 2.25 bits per heavy atom. The van der Waals surface area contributed by atoms with Gasteiger partial charge in [0.25, 0.3) is 0 Å². The van der Waals surface area contributed by atoms with Gasteiger partial charge in [-0.25, -0.2) is 0 Å². The maximum atomic E-state index is 12.3. The van der Waals surface area contributed by atoms with Crippen molar-refractivity contribution in [2.45, 2.75) is 39.5 Å². The second kappa shape index (κ2) is 4.82. The van der Waals surface area contributed by atoms with E-state index < -0.39 is 12.6 Å². The highest BCUT2D eigenvalue weighted by atomic mass is 19.4. The smallest absolute Gasteiger partial charge is 0.324 e. The van der Waals surface area contributed by atoms with Crippen LogP contribution >= 0.6 is 0 Å². The molecule has 1 aromatic heterocycles. The fraction of sp³-hybridized carbons (Fsp3) is 0.778. The van der Waals surface area contributed by atoms with E-state index in [4.69, 9.17) is 5.73 Å². The lowest BCUT2D eigenvalue weighted by Crippen LogP contribution is -2.19. The SMILES string of the molecule is CC(C)Cn1c(CN)nnc1CC(F)(F)F. The Labute approximate surface area is 91.6 Å². The molecule has 0 aliphatic carbocycles. The molecule has 0 aromatic carbocycles. The van der Waals surface area contributed by atoms with Gasteiger partial charge in [-0.3, -0.25) is 0 Å². The second-order valence-corrected chi connectivity index (χ2v) is 4.03. The molecule has 0 fully saturated rings. The zero-order valence-electron chi connectivity index (χ0n) is 9.25. The summed E-state index contributed by atoms with van der Waals surface area (Å²) in [5.74, 6) is 0.544. The van der Waals surface area contributed by atoms with Gasteiger partial charge in [-0.05, 0) is 5.92 Å². The minimum absolute atomic E-state index is 0.0679. The van der Waals surface area contributed by atoms with Crippen LogP contribution in [0.25, 0.3) is 0 Å². The highest BCUT2D eigenvalue weighted by molar-refractivity contribution is 4.97. The molecule has 0 saturated heterocycles. The van der Waals surface area contributed by atoms with E-state index in [-0.39, 0.29) is 18.3 Å². The molecule has 0 radical (unpaired) electrons. The molecule has 0 saturated carbocycles. The van der Waals surface area contributed by atoms with E-state index in [0.717, 1.165) is 0 Å². The van der Waals surface area contributed by atoms with Crippen molar-refractivity contribution in [2.24, 2.45) is 11.7 Å². The topological polar surface area (TPSA) is 56.7 Å². The molecular formula is C9H15F3N4. The predicted molar refractivity (Wildman–Crippen MR) is 52.5 cm³/mol. The largest absolute Gasteiger partial charge is 0.396 e. The molecule has 7 heteroatoms. The Morgan fingerprint density at radius 1 is 1.25 bits per heavy atom. The van der Waals surface area contributed by atoms with Gasteiger partial charge in [0.2, 0.25) is 0 Å². The van der Waals surface area contributed by atoms with Gasteiger partial charge in [0, 0.05) is 6.54 Å². The fourth-order valence-electron chi connectivity index (χ4n) is 1.41. The quantitative estimate of drug-likeness (QED) is 0.861. The molecule has 0 aliphatic rings. The summed E-state index contributed by atoms with van der Waals surface area (Å²) in [6.07, 6.45) is -5.33. The van der Waals surface area contributed by atoms with Gasteiger partial charge in [0.15, 0.2) is 0 Å². The number of nitrogens with zero attached hydrogens (tertiary/aromatic N) is 3. The van der Waals surface area contributed by atoms with Crippen LogP contribution in [0.1, 0.15) is 25.5 Å². The molecule has 16 heavy (non-hydrogen) atoms. The van der Waals surface area contributed by atoms with Crippen LogP contribution < -0.4 is 5.73 Å². The molecule has 0 amide bonds. The van der Waals surface area contributed by atoms with Crippen molar-refractivity contribution >= 4 is 0 Å². The fourth-order valence-corrected chi connectivity index (χ4v) is 1.41. The first-order chi connectivity index (χ1) is 7.33. The summed E-state index contributed by atoms with van der Waals surface area (Å²) in [5, 5.41) is 7.20. The van der Waals surface area contributed by atoms with E-state index in [2.05, 4.69) is 10.2 Å². The average molecular weight is 236 g/mol. The Hall–Kier alpha value is -1.11. The lowest BCUT2D eigenvalue weighted by atomic mass is 10.2. The van der Waals surface area contributed by atoms with E-state index in [9.17, 15) is 13.2 Å². The van der Waals surface area contributed by atoms with Crippen LogP contribution in [0, 0.1) is 5.92 Å². The molecule has 4 nitrogen and oxygen atoms in total. The van der Waals surface area contributed by atoms with Gasteiger partial charge in [0.1, 0.15) is 18.1 Å². The molecule has 1 aromatic rings. The maximum absolute atomic E-state index is 12.3. The van der Waals surface area contributed by atoms with Crippen LogP contribution in [0.2, 0.25) is 0 Å². The van der Waals surface area contributed by atoms with Crippen molar-refractivity contribution in [2.75, 3.05) is 0 Å². The van der Waals surface area contributed by atoms with Gasteiger partial charge in [-0.2, -0.15) is 13.2 Å². The lowest BCUT2D eigenvalue weighted by molar-refractivity contribution is -0.129. The Morgan fingerprint density at radius 2 is 1.81 bits per heavy atom. The molecule has 92 valence electrons. The first-order valence-electron chi connectivity index (χ1n) is 5.01. The molecule has 0 aliphatic heterocycles. The van der Waals surface area contributed by atoms with Gasteiger partial charge in [-0.15, -0.1) is 10.2 Å². The number of halogens is 3. The van der Waals surface area contributed by atoms with Crippen molar-refractivity contribution in [3.05, 3.63) is 11.6 Å². The van der Waals surface area contributed by atoms with E-state index in [0.29, 0.717) is 12.4 Å².